The number of ether oxygens (including phenoxy) is 1. The van der Waals surface area contributed by atoms with Crippen LogP contribution in [0.25, 0.3) is 0 Å². The number of methoxy groups -OCH3 is 1. The number of benzene rings is 1. The number of para-hydroxylation sites is 1. The van der Waals surface area contributed by atoms with E-state index >= 15 is 0 Å². The van der Waals surface area contributed by atoms with Crippen molar-refractivity contribution in [3.05, 3.63) is 29.8 Å². The number of aliphatic hydroxyl groups excluding tert-OH is 1. The second kappa shape index (κ2) is 7.39. The van der Waals surface area contributed by atoms with Crippen molar-refractivity contribution in [2.24, 2.45) is 5.41 Å². The highest BCUT2D eigenvalue weighted by molar-refractivity contribution is 5.51. The number of nitrogens with one attached hydrogen (secondary N) is 1. The molecule has 18 heavy (non-hydrogen) atoms. The molecule has 1 aromatic carbocycles. The lowest BCUT2D eigenvalue weighted by Crippen LogP contribution is -2.29. The molecule has 1 unspecified atom stereocenters. The minimum absolute atomic E-state index is 0.0611. The van der Waals surface area contributed by atoms with Gasteiger partial charge < -0.3 is 15.2 Å². The van der Waals surface area contributed by atoms with Gasteiger partial charge in [0.05, 0.1) is 13.2 Å². The molecule has 0 fully saturated rings. The lowest BCUT2D eigenvalue weighted by Gasteiger charge is -2.27. The Hall–Kier alpha value is -1.06. The highest BCUT2D eigenvalue weighted by Crippen LogP contribution is 2.23. The van der Waals surface area contributed by atoms with Crippen LogP contribution in [0.3, 0.4) is 0 Å². The third-order valence-corrected chi connectivity index (χ3v) is 3.53. The van der Waals surface area contributed by atoms with Crippen molar-refractivity contribution in [1.82, 2.24) is 0 Å². The average Bonchev–Trinajstić information content (AvgIpc) is 2.43. The zero-order valence-electron chi connectivity index (χ0n) is 11.7. The van der Waals surface area contributed by atoms with E-state index in [1.54, 1.807) is 7.11 Å². The van der Waals surface area contributed by atoms with Gasteiger partial charge in [-0.15, -0.1) is 0 Å². The minimum atomic E-state index is -0.0611. The van der Waals surface area contributed by atoms with Crippen molar-refractivity contribution >= 4 is 5.69 Å². The molecule has 2 N–H and O–H groups in total. The van der Waals surface area contributed by atoms with Gasteiger partial charge in [-0.1, -0.05) is 32.0 Å². The van der Waals surface area contributed by atoms with Crippen molar-refractivity contribution in [1.29, 1.82) is 0 Å². The summed E-state index contributed by atoms with van der Waals surface area (Å²) in [5.74, 6) is 0. The van der Waals surface area contributed by atoms with Crippen LogP contribution in [-0.2, 0) is 11.2 Å². The summed E-state index contributed by atoms with van der Waals surface area (Å²) >= 11 is 0. The molecule has 0 aliphatic heterocycles. The predicted molar refractivity (Wildman–Crippen MR) is 76.0 cm³/mol. The Morgan fingerprint density at radius 2 is 2.06 bits per heavy atom. The molecule has 102 valence electrons. The quantitative estimate of drug-likeness (QED) is 0.746. The van der Waals surface area contributed by atoms with Crippen molar-refractivity contribution < 1.29 is 9.84 Å². The van der Waals surface area contributed by atoms with Crippen molar-refractivity contribution in [3.63, 3.8) is 0 Å². The molecule has 0 saturated carbocycles. The van der Waals surface area contributed by atoms with Crippen molar-refractivity contribution in [2.45, 2.75) is 26.7 Å². The van der Waals surface area contributed by atoms with Crippen LogP contribution in [0.2, 0.25) is 0 Å². The van der Waals surface area contributed by atoms with E-state index in [9.17, 15) is 5.11 Å². The van der Waals surface area contributed by atoms with Gasteiger partial charge in [-0.25, -0.2) is 0 Å². The van der Waals surface area contributed by atoms with E-state index in [-0.39, 0.29) is 12.0 Å². The maximum atomic E-state index is 9.41. The first-order chi connectivity index (χ1) is 8.65. The normalized spacial score (nSPS) is 14.2. The van der Waals surface area contributed by atoms with Crippen molar-refractivity contribution in [3.8, 4) is 0 Å². The zero-order valence-corrected chi connectivity index (χ0v) is 11.7. The molecule has 0 amide bonds. The maximum absolute atomic E-state index is 9.41. The van der Waals surface area contributed by atoms with E-state index in [0.717, 1.165) is 31.7 Å². The van der Waals surface area contributed by atoms with Crippen LogP contribution in [0.4, 0.5) is 5.69 Å². The van der Waals surface area contributed by atoms with Gasteiger partial charge in [-0.3, -0.25) is 0 Å². The number of anilines is 1. The summed E-state index contributed by atoms with van der Waals surface area (Å²) in [6, 6.07) is 8.27. The van der Waals surface area contributed by atoms with E-state index in [1.807, 2.05) is 12.1 Å². The van der Waals surface area contributed by atoms with Gasteiger partial charge in [0.1, 0.15) is 0 Å². The number of aliphatic hydroxyl groups is 1. The summed E-state index contributed by atoms with van der Waals surface area (Å²) in [6.45, 7) is 5.91. The van der Waals surface area contributed by atoms with Crippen LogP contribution in [0.1, 0.15) is 25.8 Å². The predicted octanol–water partition coefficient (Wildman–Crippen LogP) is 2.70. The SMILES string of the molecule is CCC(C)(CO)CNc1ccccc1CCOC. The maximum Gasteiger partial charge on any atom is 0.0503 e. The first-order valence-electron chi connectivity index (χ1n) is 6.57. The van der Waals surface area contributed by atoms with Crippen LogP contribution in [0.15, 0.2) is 24.3 Å². The molecule has 0 aromatic heterocycles. The number of hydrogen-bond acceptors (Lipinski definition) is 3. The molecular formula is C15H25NO2. The topological polar surface area (TPSA) is 41.5 Å². The molecule has 1 aromatic rings. The van der Waals surface area contributed by atoms with E-state index in [1.165, 1.54) is 5.56 Å². The Morgan fingerprint density at radius 1 is 1.33 bits per heavy atom. The molecule has 3 heteroatoms. The fraction of sp³-hybridized carbons (Fsp3) is 0.600. The molecule has 0 heterocycles. The van der Waals surface area contributed by atoms with Crippen molar-refractivity contribution in [2.75, 3.05) is 32.2 Å². The second-order valence-corrected chi connectivity index (χ2v) is 5.08. The van der Waals surface area contributed by atoms with E-state index in [0.29, 0.717) is 0 Å². The Morgan fingerprint density at radius 3 is 2.67 bits per heavy atom. The van der Waals surface area contributed by atoms with E-state index in [4.69, 9.17) is 4.74 Å². The van der Waals surface area contributed by atoms with E-state index < -0.39 is 0 Å². The fourth-order valence-corrected chi connectivity index (χ4v) is 1.72. The van der Waals surface area contributed by atoms with Crippen LogP contribution >= 0.6 is 0 Å². The van der Waals surface area contributed by atoms with Gasteiger partial charge in [-0.05, 0) is 24.5 Å². The summed E-state index contributed by atoms with van der Waals surface area (Å²) in [6.07, 6.45) is 1.86. The lowest BCUT2D eigenvalue weighted by atomic mass is 9.88. The van der Waals surface area contributed by atoms with Crippen LogP contribution in [0.5, 0.6) is 0 Å². The number of rotatable bonds is 8. The first kappa shape index (κ1) is 15.0. The third kappa shape index (κ3) is 4.31. The molecule has 0 bridgehead atoms. The summed E-state index contributed by atoms with van der Waals surface area (Å²) in [5.41, 5.74) is 2.34. The lowest BCUT2D eigenvalue weighted by molar-refractivity contribution is 0.149. The average molecular weight is 251 g/mol. The van der Waals surface area contributed by atoms with Gasteiger partial charge in [-0.2, -0.15) is 0 Å². The minimum Gasteiger partial charge on any atom is -0.396 e. The van der Waals surface area contributed by atoms with Gasteiger partial charge in [0.15, 0.2) is 0 Å². The molecule has 3 nitrogen and oxygen atoms in total. The molecule has 1 atom stereocenters. The molecule has 0 saturated heterocycles. The van der Waals surface area contributed by atoms with Crippen LogP contribution < -0.4 is 5.32 Å². The monoisotopic (exact) mass is 251 g/mol. The molecule has 1 rings (SSSR count). The Bertz CT molecular complexity index is 348. The molecule has 0 aliphatic carbocycles. The van der Waals surface area contributed by atoms with E-state index in [2.05, 4.69) is 31.3 Å². The summed E-state index contributed by atoms with van der Waals surface area (Å²) in [5, 5.41) is 12.9. The summed E-state index contributed by atoms with van der Waals surface area (Å²) < 4.78 is 5.12. The first-order valence-corrected chi connectivity index (χ1v) is 6.57. The molecular weight excluding hydrogens is 226 g/mol. The fourth-order valence-electron chi connectivity index (χ4n) is 1.72. The molecule has 0 spiro atoms. The second-order valence-electron chi connectivity index (χ2n) is 5.08. The molecule has 0 aliphatic rings. The Labute approximate surface area is 110 Å². The van der Waals surface area contributed by atoms with Crippen LogP contribution in [0, 0.1) is 5.41 Å². The number of hydrogen-bond donors (Lipinski definition) is 2. The Balaban J connectivity index is 2.66. The van der Waals surface area contributed by atoms with Gasteiger partial charge in [0, 0.05) is 24.8 Å². The van der Waals surface area contributed by atoms with Gasteiger partial charge >= 0.3 is 0 Å². The highest BCUT2D eigenvalue weighted by Gasteiger charge is 2.20. The van der Waals surface area contributed by atoms with Gasteiger partial charge in [0.25, 0.3) is 0 Å². The standard InChI is InChI=1S/C15H25NO2/c1-4-15(2,12-17)11-16-14-8-6-5-7-13(14)9-10-18-3/h5-8,16-17H,4,9-12H2,1-3H3. The Kier molecular flexibility index (Phi) is 6.16. The largest absolute Gasteiger partial charge is 0.396 e. The zero-order chi connectivity index (χ0) is 13.4. The van der Waals surface area contributed by atoms with Crippen LogP contribution in [-0.4, -0.2) is 32.0 Å². The smallest absolute Gasteiger partial charge is 0.0503 e. The molecule has 0 radical (unpaired) electrons. The highest BCUT2D eigenvalue weighted by atomic mass is 16.5. The summed E-state index contributed by atoms with van der Waals surface area (Å²) in [7, 11) is 1.72. The third-order valence-electron chi connectivity index (χ3n) is 3.53. The summed E-state index contributed by atoms with van der Waals surface area (Å²) in [4.78, 5) is 0. The van der Waals surface area contributed by atoms with Gasteiger partial charge in [0.2, 0.25) is 0 Å².